The highest BCUT2D eigenvalue weighted by Gasteiger charge is 2.26. The molecular formula is C16H22F2N2O2. The SMILES string of the molecule is CC1CCNC(C(=O)N(C)Cc2ccc(OC(F)F)cc2)C1. The van der Waals surface area contributed by atoms with E-state index in [1.54, 1.807) is 24.1 Å². The zero-order valence-electron chi connectivity index (χ0n) is 12.9. The van der Waals surface area contributed by atoms with Crippen molar-refractivity contribution in [2.75, 3.05) is 13.6 Å². The highest BCUT2D eigenvalue weighted by atomic mass is 19.3. The van der Waals surface area contributed by atoms with E-state index in [-0.39, 0.29) is 17.7 Å². The summed E-state index contributed by atoms with van der Waals surface area (Å²) in [7, 11) is 1.76. The van der Waals surface area contributed by atoms with Crippen LogP contribution in [-0.2, 0) is 11.3 Å². The average molecular weight is 312 g/mol. The van der Waals surface area contributed by atoms with Crippen molar-refractivity contribution in [1.29, 1.82) is 0 Å². The number of alkyl halides is 2. The van der Waals surface area contributed by atoms with E-state index in [1.165, 1.54) is 12.1 Å². The Balaban J connectivity index is 1.90. The molecule has 0 radical (unpaired) electrons. The highest BCUT2D eigenvalue weighted by Crippen LogP contribution is 2.18. The minimum atomic E-state index is -2.82. The summed E-state index contributed by atoms with van der Waals surface area (Å²) in [6.07, 6.45) is 1.95. The summed E-state index contributed by atoms with van der Waals surface area (Å²) in [5.74, 6) is 0.740. The van der Waals surface area contributed by atoms with Crippen LogP contribution in [0.25, 0.3) is 0 Å². The first-order chi connectivity index (χ1) is 10.5. The molecule has 1 aromatic carbocycles. The Morgan fingerprint density at radius 1 is 1.41 bits per heavy atom. The largest absolute Gasteiger partial charge is 0.435 e. The van der Waals surface area contributed by atoms with Gasteiger partial charge in [0, 0.05) is 13.6 Å². The van der Waals surface area contributed by atoms with Gasteiger partial charge in [-0.15, -0.1) is 0 Å². The maximum atomic E-state index is 12.4. The molecule has 1 saturated heterocycles. The van der Waals surface area contributed by atoms with E-state index < -0.39 is 6.61 Å². The van der Waals surface area contributed by atoms with Crippen LogP contribution < -0.4 is 10.1 Å². The van der Waals surface area contributed by atoms with Gasteiger partial charge in [0.05, 0.1) is 6.04 Å². The molecule has 2 rings (SSSR count). The Morgan fingerprint density at radius 2 is 2.09 bits per heavy atom. The summed E-state index contributed by atoms with van der Waals surface area (Å²) in [5, 5.41) is 3.25. The number of amides is 1. The van der Waals surface area contributed by atoms with E-state index >= 15 is 0 Å². The summed E-state index contributed by atoms with van der Waals surface area (Å²) in [6.45, 7) is 0.642. The van der Waals surface area contributed by atoms with E-state index in [0.717, 1.165) is 24.9 Å². The number of rotatable bonds is 5. The quantitative estimate of drug-likeness (QED) is 0.909. The minimum absolute atomic E-state index is 0.0689. The predicted octanol–water partition coefficient (Wildman–Crippen LogP) is 2.63. The average Bonchev–Trinajstić information content (AvgIpc) is 2.48. The third kappa shape index (κ3) is 4.66. The molecule has 1 N–H and O–H groups in total. The fourth-order valence-electron chi connectivity index (χ4n) is 2.69. The Bertz CT molecular complexity index is 493. The van der Waals surface area contributed by atoms with Crippen LogP contribution in [-0.4, -0.2) is 37.1 Å². The molecule has 1 amide bonds. The molecule has 1 fully saturated rings. The number of carbonyl (C=O) groups is 1. The molecule has 2 atom stereocenters. The summed E-state index contributed by atoms with van der Waals surface area (Å²) in [6, 6.07) is 6.23. The van der Waals surface area contributed by atoms with Crippen molar-refractivity contribution in [2.24, 2.45) is 5.92 Å². The Morgan fingerprint density at radius 3 is 2.68 bits per heavy atom. The van der Waals surface area contributed by atoms with Gasteiger partial charge in [-0.25, -0.2) is 0 Å². The monoisotopic (exact) mass is 312 g/mol. The number of hydrogen-bond acceptors (Lipinski definition) is 3. The van der Waals surface area contributed by atoms with Crippen LogP contribution in [0.1, 0.15) is 25.3 Å². The fraction of sp³-hybridized carbons (Fsp3) is 0.562. The van der Waals surface area contributed by atoms with Crippen LogP contribution in [0.4, 0.5) is 8.78 Å². The molecular weight excluding hydrogens is 290 g/mol. The first-order valence-corrected chi connectivity index (χ1v) is 7.48. The van der Waals surface area contributed by atoms with Gasteiger partial charge in [-0.1, -0.05) is 19.1 Å². The van der Waals surface area contributed by atoms with Gasteiger partial charge in [0.2, 0.25) is 5.91 Å². The van der Waals surface area contributed by atoms with Crippen molar-refractivity contribution in [3.8, 4) is 5.75 Å². The van der Waals surface area contributed by atoms with Crippen molar-refractivity contribution in [3.05, 3.63) is 29.8 Å². The molecule has 1 aliphatic rings. The number of carbonyl (C=O) groups excluding carboxylic acids is 1. The van der Waals surface area contributed by atoms with Gasteiger partial charge < -0.3 is 15.0 Å². The van der Waals surface area contributed by atoms with Gasteiger partial charge in [-0.05, 0) is 43.0 Å². The summed E-state index contributed by atoms with van der Waals surface area (Å²) >= 11 is 0. The molecule has 1 aromatic rings. The second kappa shape index (κ2) is 7.54. The Kier molecular flexibility index (Phi) is 5.71. The van der Waals surface area contributed by atoms with E-state index in [4.69, 9.17) is 0 Å². The summed E-state index contributed by atoms with van der Waals surface area (Å²) in [4.78, 5) is 14.1. The van der Waals surface area contributed by atoms with Gasteiger partial charge in [0.25, 0.3) is 0 Å². The molecule has 4 nitrogen and oxygen atoms in total. The lowest BCUT2D eigenvalue weighted by Gasteiger charge is -2.30. The van der Waals surface area contributed by atoms with Crippen molar-refractivity contribution in [2.45, 2.75) is 39.0 Å². The number of nitrogens with one attached hydrogen (secondary N) is 1. The van der Waals surface area contributed by atoms with Crippen LogP contribution in [0.2, 0.25) is 0 Å². The normalized spacial score (nSPS) is 21.7. The molecule has 0 bridgehead atoms. The van der Waals surface area contributed by atoms with E-state index in [2.05, 4.69) is 17.0 Å². The standard InChI is InChI=1S/C16H22F2N2O2/c1-11-7-8-19-14(9-11)15(21)20(2)10-12-3-5-13(6-4-12)22-16(17)18/h3-6,11,14,16,19H,7-10H2,1-2H3. The molecule has 0 aromatic heterocycles. The molecule has 122 valence electrons. The molecule has 0 saturated carbocycles. The highest BCUT2D eigenvalue weighted by molar-refractivity contribution is 5.81. The number of hydrogen-bond donors (Lipinski definition) is 1. The fourth-order valence-corrected chi connectivity index (χ4v) is 2.69. The van der Waals surface area contributed by atoms with Crippen LogP contribution in [0.3, 0.4) is 0 Å². The number of nitrogens with zero attached hydrogens (tertiary/aromatic N) is 1. The molecule has 6 heteroatoms. The maximum Gasteiger partial charge on any atom is 0.387 e. The topological polar surface area (TPSA) is 41.6 Å². The van der Waals surface area contributed by atoms with Gasteiger partial charge >= 0.3 is 6.61 Å². The molecule has 22 heavy (non-hydrogen) atoms. The Labute approximate surface area is 129 Å². The maximum absolute atomic E-state index is 12.4. The number of ether oxygens (including phenoxy) is 1. The lowest BCUT2D eigenvalue weighted by atomic mass is 9.93. The molecule has 1 heterocycles. The summed E-state index contributed by atoms with van der Waals surface area (Å²) < 4.78 is 28.5. The minimum Gasteiger partial charge on any atom is -0.435 e. The molecule has 1 aliphatic heterocycles. The number of piperidine rings is 1. The van der Waals surface area contributed by atoms with E-state index in [0.29, 0.717) is 12.5 Å². The van der Waals surface area contributed by atoms with E-state index in [1.807, 2.05) is 0 Å². The first-order valence-electron chi connectivity index (χ1n) is 7.48. The first kappa shape index (κ1) is 16.7. The molecule has 2 unspecified atom stereocenters. The predicted molar refractivity (Wildman–Crippen MR) is 79.7 cm³/mol. The zero-order chi connectivity index (χ0) is 16.1. The Hall–Kier alpha value is -1.69. The number of benzene rings is 1. The van der Waals surface area contributed by atoms with E-state index in [9.17, 15) is 13.6 Å². The van der Waals surface area contributed by atoms with Crippen molar-refractivity contribution in [3.63, 3.8) is 0 Å². The lowest BCUT2D eigenvalue weighted by Crippen LogP contribution is -2.48. The second-order valence-corrected chi connectivity index (χ2v) is 5.85. The third-order valence-electron chi connectivity index (χ3n) is 3.91. The molecule has 0 spiro atoms. The van der Waals surface area contributed by atoms with Gasteiger partial charge in [-0.3, -0.25) is 4.79 Å². The van der Waals surface area contributed by atoms with Crippen LogP contribution in [0.5, 0.6) is 5.75 Å². The van der Waals surface area contributed by atoms with Crippen molar-refractivity contribution >= 4 is 5.91 Å². The zero-order valence-corrected chi connectivity index (χ0v) is 12.9. The van der Waals surface area contributed by atoms with Crippen LogP contribution in [0, 0.1) is 5.92 Å². The van der Waals surface area contributed by atoms with Crippen molar-refractivity contribution in [1.82, 2.24) is 10.2 Å². The van der Waals surface area contributed by atoms with Crippen LogP contribution >= 0.6 is 0 Å². The number of likely N-dealkylation sites (N-methyl/N-ethyl adjacent to an activating group) is 1. The lowest BCUT2D eigenvalue weighted by molar-refractivity contribution is -0.133. The third-order valence-corrected chi connectivity index (χ3v) is 3.91. The molecule has 0 aliphatic carbocycles. The van der Waals surface area contributed by atoms with Crippen LogP contribution in [0.15, 0.2) is 24.3 Å². The van der Waals surface area contributed by atoms with Gasteiger partial charge in [-0.2, -0.15) is 8.78 Å². The van der Waals surface area contributed by atoms with Crippen molar-refractivity contribution < 1.29 is 18.3 Å². The van der Waals surface area contributed by atoms with Gasteiger partial charge in [0.15, 0.2) is 0 Å². The summed E-state index contributed by atoms with van der Waals surface area (Å²) in [5.41, 5.74) is 0.876. The van der Waals surface area contributed by atoms with Gasteiger partial charge in [0.1, 0.15) is 5.75 Å². The second-order valence-electron chi connectivity index (χ2n) is 5.85. The smallest absolute Gasteiger partial charge is 0.387 e. The number of halogens is 2.